The van der Waals surface area contributed by atoms with Crippen molar-refractivity contribution in [2.75, 3.05) is 13.1 Å². The first kappa shape index (κ1) is 17.1. The van der Waals surface area contributed by atoms with Crippen LogP contribution in [0.5, 0.6) is 0 Å². The zero-order chi connectivity index (χ0) is 18.0. The van der Waals surface area contributed by atoms with Crippen LogP contribution in [-0.4, -0.2) is 43.4 Å². The Hall–Kier alpha value is -2.77. The Morgan fingerprint density at radius 3 is 2.68 bits per heavy atom. The van der Waals surface area contributed by atoms with Crippen LogP contribution in [0.2, 0.25) is 0 Å². The molecule has 0 unspecified atom stereocenters. The molecule has 2 aromatic heterocycles. The second-order valence-electron chi connectivity index (χ2n) is 6.38. The Morgan fingerprint density at radius 1 is 1.28 bits per heavy atom. The molecule has 0 aliphatic carbocycles. The van der Waals surface area contributed by atoms with Crippen LogP contribution in [0.3, 0.4) is 0 Å². The van der Waals surface area contributed by atoms with E-state index in [4.69, 9.17) is 0 Å². The van der Waals surface area contributed by atoms with E-state index >= 15 is 0 Å². The van der Waals surface area contributed by atoms with Gasteiger partial charge in [-0.15, -0.1) is 0 Å². The van der Waals surface area contributed by atoms with Gasteiger partial charge in [-0.2, -0.15) is 0 Å². The predicted octanol–water partition coefficient (Wildman–Crippen LogP) is 0.350. The van der Waals surface area contributed by atoms with Crippen molar-refractivity contribution >= 4 is 5.91 Å². The third-order valence-corrected chi connectivity index (χ3v) is 4.56. The minimum atomic E-state index is -0.560. The Bertz CT molecular complexity index is 894. The van der Waals surface area contributed by atoms with Gasteiger partial charge in [0.15, 0.2) is 0 Å². The Balaban J connectivity index is 1.63. The first-order valence-corrected chi connectivity index (χ1v) is 8.31. The number of aryl methyl sites for hydroxylation is 2. The number of piperidine rings is 1. The topological polar surface area (TPSA) is 101 Å². The van der Waals surface area contributed by atoms with E-state index in [1.807, 2.05) is 13.0 Å². The Morgan fingerprint density at radius 2 is 2.00 bits per heavy atom. The maximum Gasteiger partial charge on any atom is 0.328 e. The van der Waals surface area contributed by atoms with E-state index in [0.717, 1.165) is 24.4 Å². The largest absolute Gasteiger partial charge is 0.341 e. The zero-order valence-corrected chi connectivity index (χ0v) is 14.4. The molecule has 1 N–H and O–H groups in total. The number of nitrogens with one attached hydrogen (secondary N) is 1. The highest BCUT2D eigenvalue weighted by molar-refractivity contribution is 5.76. The minimum Gasteiger partial charge on any atom is -0.341 e. The van der Waals surface area contributed by atoms with Crippen molar-refractivity contribution in [2.45, 2.75) is 39.2 Å². The second kappa shape index (κ2) is 7.00. The molecule has 0 spiro atoms. The van der Waals surface area contributed by atoms with Gasteiger partial charge in [-0.1, -0.05) is 0 Å². The second-order valence-corrected chi connectivity index (χ2v) is 6.38. The van der Waals surface area contributed by atoms with Gasteiger partial charge in [0.2, 0.25) is 5.91 Å². The molecular formula is C17H21N5O3. The van der Waals surface area contributed by atoms with Crippen molar-refractivity contribution in [1.82, 2.24) is 24.4 Å². The molecule has 1 amide bonds. The average molecular weight is 343 g/mol. The first-order chi connectivity index (χ1) is 11.9. The van der Waals surface area contributed by atoms with E-state index in [2.05, 4.69) is 15.0 Å². The summed E-state index contributed by atoms with van der Waals surface area (Å²) in [6.45, 7) is 4.67. The molecule has 132 valence electrons. The van der Waals surface area contributed by atoms with E-state index < -0.39 is 11.2 Å². The number of carbonyl (C=O) groups excluding carboxylic acids is 1. The van der Waals surface area contributed by atoms with Crippen LogP contribution in [0.15, 0.2) is 28.0 Å². The van der Waals surface area contributed by atoms with Gasteiger partial charge in [-0.25, -0.2) is 14.8 Å². The van der Waals surface area contributed by atoms with E-state index in [9.17, 15) is 14.4 Å². The van der Waals surface area contributed by atoms with Crippen LogP contribution in [0.25, 0.3) is 0 Å². The van der Waals surface area contributed by atoms with E-state index in [1.54, 1.807) is 18.0 Å². The van der Waals surface area contributed by atoms with Crippen molar-refractivity contribution in [3.8, 4) is 0 Å². The molecule has 1 aliphatic rings. The molecule has 0 saturated carbocycles. The molecule has 1 fully saturated rings. The third-order valence-electron chi connectivity index (χ3n) is 4.56. The fraction of sp³-hybridized carbons (Fsp3) is 0.471. The normalized spacial score (nSPS) is 15.4. The van der Waals surface area contributed by atoms with Crippen molar-refractivity contribution in [1.29, 1.82) is 0 Å². The summed E-state index contributed by atoms with van der Waals surface area (Å²) in [6, 6.07) is 1.93. The molecule has 1 aliphatic heterocycles. The van der Waals surface area contributed by atoms with Crippen LogP contribution in [0, 0.1) is 13.8 Å². The van der Waals surface area contributed by atoms with Gasteiger partial charge in [0, 0.05) is 42.7 Å². The molecule has 0 aromatic carbocycles. The van der Waals surface area contributed by atoms with E-state index in [-0.39, 0.29) is 12.5 Å². The number of likely N-dealkylation sites (tertiary alicyclic amines) is 1. The minimum absolute atomic E-state index is 0.0618. The number of hydrogen-bond donors (Lipinski definition) is 1. The molecule has 0 bridgehead atoms. The summed E-state index contributed by atoms with van der Waals surface area (Å²) in [5, 5.41) is 0. The quantitative estimate of drug-likeness (QED) is 0.866. The maximum atomic E-state index is 12.5. The molecule has 0 atom stereocenters. The Kier molecular flexibility index (Phi) is 4.78. The predicted molar refractivity (Wildman–Crippen MR) is 91.4 cm³/mol. The van der Waals surface area contributed by atoms with Crippen molar-refractivity contribution in [3.05, 3.63) is 56.4 Å². The molecule has 0 radical (unpaired) electrons. The maximum absolute atomic E-state index is 12.5. The van der Waals surface area contributed by atoms with Crippen LogP contribution >= 0.6 is 0 Å². The van der Waals surface area contributed by atoms with Crippen LogP contribution in [-0.2, 0) is 11.3 Å². The number of H-pyrrole nitrogens is 1. The highest BCUT2D eigenvalue weighted by Gasteiger charge is 2.25. The number of amides is 1. The fourth-order valence-corrected chi connectivity index (χ4v) is 3.11. The molecule has 8 nitrogen and oxygen atoms in total. The zero-order valence-electron chi connectivity index (χ0n) is 14.4. The van der Waals surface area contributed by atoms with Crippen LogP contribution in [0.1, 0.15) is 35.8 Å². The number of carbonyl (C=O) groups is 1. The van der Waals surface area contributed by atoms with Crippen LogP contribution in [0.4, 0.5) is 0 Å². The van der Waals surface area contributed by atoms with Crippen molar-refractivity contribution in [2.24, 2.45) is 0 Å². The Labute approximate surface area is 144 Å². The number of hydrogen-bond acceptors (Lipinski definition) is 5. The number of rotatable bonds is 3. The lowest BCUT2D eigenvalue weighted by atomic mass is 9.93. The van der Waals surface area contributed by atoms with Gasteiger partial charge in [-0.3, -0.25) is 19.1 Å². The highest BCUT2D eigenvalue weighted by Crippen LogP contribution is 2.26. The standard InChI is InChI=1S/C17H21N5O3/c1-11-9-22(17(25)20-16(11)24)10-15(23)21-7-4-13(5-8-21)14-3-6-18-12(2)19-14/h3,6,9,13H,4-5,7-8,10H2,1-2H3,(H,20,24,25). The van der Waals surface area contributed by atoms with Crippen molar-refractivity contribution < 1.29 is 4.79 Å². The molecule has 8 heteroatoms. The molecule has 1 saturated heterocycles. The van der Waals surface area contributed by atoms with Gasteiger partial charge < -0.3 is 4.90 Å². The summed E-state index contributed by atoms with van der Waals surface area (Å²) < 4.78 is 1.25. The first-order valence-electron chi connectivity index (χ1n) is 8.31. The SMILES string of the molecule is Cc1nccc(C2CCN(C(=O)Cn3cc(C)c(=O)[nH]c3=O)CC2)n1. The van der Waals surface area contributed by atoms with E-state index in [0.29, 0.717) is 24.6 Å². The van der Waals surface area contributed by atoms with Gasteiger partial charge in [-0.05, 0) is 32.8 Å². The molecule has 3 rings (SSSR count). The summed E-state index contributed by atoms with van der Waals surface area (Å²) in [4.78, 5) is 48.2. The number of aromatic nitrogens is 4. The highest BCUT2D eigenvalue weighted by atomic mass is 16.2. The third kappa shape index (κ3) is 3.84. The van der Waals surface area contributed by atoms with Gasteiger partial charge in [0.05, 0.1) is 0 Å². The average Bonchev–Trinajstić information content (AvgIpc) is 2.60. The number of nitrogens with zero attached hydrogens (tertiary/aromatic N) is 4. The molecule has 25 heavy (non-hydrogen) atoms. The molecular weight excluding hydrogens is 322 g/mol. The lowest BCUT2D eigenvalue weighted by Crippen LogP contribution is -2.42. The van der Waals surface area contributed by atoms with Gasteiger partial charge >= 0.3 is 5.69 Å². The summed E-state index contributed by atoms with van der Waals surface area (Å²) in [5.74, 6) is 0.957. The smallest absolute Gasteiger partial charge is 0.328 e. The summed E-state index contributed by atoms with van der Waals surface area (Å²) in [7, 11) is 0. The summed E-state index contributed by atoms with van der Waals surface area (Å²) in [5.41, 5.74) is 0.447. The van der Waals surface area contributed by atoms with E-state index in [1.165, 1.54) is 10.8 Å². The van der Waals surface area contributed by atoms with Gasteiger partial charge in [0.1, 0.15) is 12.4 Å². The number of aromatic amines is 1. The summed E-state index contributed by atoms with van der Waals surface area (Å²) in [6.07, 6.45) is 4.86. The fourth-order valence-electron chi connectivity index (χ4n) is 3.11. The molecule has 3 heterocycles. The summed E-state index contributed by atoms with van der Waals surface area (Å²) >= 11 is 0. The van der Waals surface area contributed by atoms with Crippen LogP contribution < -0.4 is 11.2 Å². The lowest BCUT2D eigenvalue weighted by Gasteiger charge is -2.32. The monoisotopic (exact) mass is 343 g/mol. The van der Waals surface area contributed by atoms with Gasteiger partial charge in [0.25, 0.3) is 5.56 Å². The molecule has 2 aromatic rings. The lowest BCUT2D eigenvalue weighted by molar-refractivity contribution is -0.133. The van der Waals surface area contributed by atoms with Crippen molar-refractivity contribution in [3.63, 3.8) is 0 Å².